The molecule has 2 rings (SSSR count). The van der Waals surface area contributed by atoms with Crippen molar-refractivity contribution in [2.75, 3.05) is 19.0 Å². The number of methoxy groups -OCH3 is 1. The summed E-state index contributed by atoms with van der Waals surface area (Å²) in [4.78, 5) is 35.1. The zero-order chi connectivity index (χ0) is 20.0. The van der Waals surface area contributed by atoms with E-state index in [-0.39, 0.29) is 16.8 Å². The number of hydrogen-bond donors (Lipinski definition) is 1. The van der Waals surface area contributed by atoms with E-state index in [4.69, 9.17) is 4.74 Å². The van der Waals surface area contributed by atoms with Crippen LogP contribution in [0.5, 0.6) is 0 Å². The molecular formula is C18H14F3NO5. The number of carbonyl (C=O) groups excluding carboxylic acids is 3. The van der Waals surface area contributed by atoms with E-state index >= 15 is 0 Å². The zero-order valence-electron chi connectivity index (χ0n) is 14.0. The van der Waals surface area contributed by atoms with Gasteiger partial charge in [-0.25, -0.2) is 9.59 Å². The number of carbonyl (C=O) groups is 3. The minimum absolute atomic E-state index is 0.205. The van der Waals surface area contributed by atoms with E-state index in [1.165, 1.54) is 31.4 Å². The molecule has 9 heteroatoms. The third kappa shape index (κ3) is 5.56. The fourth-order valence-corrected chi connectivity index (χ4v) is 2.08. The second-order valence-electron chi connectivity index (χ2n) is 5.28. The summed E-state index contributed by atoms with van der Waals surface area (Å²) in [6.45, 7) is -0.711. The summed E-state index contributed by atoms with van der Waals surface area (Å²) in [5.41, 5.74) is -0.861. The second-order valence-corrected chi connectivity index (χ2v) is 5.28. The first-order valence-corrected chi connectivity index (χ1v) is 7.53. The Balaban J connectivity index is 1.96. The lowest BCUT2D eigenvalue weighted by Gasteiger charge is -2.09. The lowest BCUT2D eigenvalue weighted by atomic mass is 10.1. The third-order valence-corrected chi connectivity index (χ3v) is 3.33. The molecule has 0 radical (unpaired) electrons. The highest BCUT2D eigenvalue weighted by molar-refractivity contribution is 5.97. The van der Waals surface area contributed by atoms with E-state index in [1.54, 1.807) is 0 Å². The quantitative estimate of drug-likeness (QED) is 0.804. The zero-order valence-corrected chi connectivity index (χ0v) is 14.0. The van der Waals surface area contributed by atoms with E-state index in [0.717, 1.165) is 18.2 Å². The van der Waals surface area contributed by atoms with Crippen molar-refractivity contribution in [3.63, 3.8) is 0 Å². The standard InChI is InChI=1S/C18H14F3NO5/c1-26-16(24)12-5-3-7-14(9-12)22-15(23)10-27-17(25)11-4-2-6-13(8-11)18(19,20)21/h2-9H,10H2,1H3,(H,22,23). The summed E-state index contributed by atoms with van der Waals surface area (Å²) in [5, 5.41) is 2.40. The Kier molecular flexibility index (Phi) is 6.17. The van der Waals surface area contributed by atoms with Crippen molar-refractivity contribution in [3.8, 4) is 0 Å². The molecular weight excluding hydrogens is 367 g/mol. The van der Waals surface area contributed by atoms with E-state index in [2.05, 4.69) is 10.1 Å². The average molecular weight is 381 g/mol. The molecule has 0 spiro atoms. The molecule has 6 nitrogen and oxygen atoms in total. The van der Waals surface area contributed by atoms with Gasteiger partial charge >= 0.3 is 18.1 Å². The van der Waals surface area contributed by atoms with Gasteiger partial charge in [-0.1, -0.05) is 12.1 Å². The average Bonchev–Trinajstić information content (AvgIpc) is 2.65. The van der Waals surface area contributed by atoms with Crippen LogP contribution in [-0.2, 0) is 20.4 Å². The number of esters is 2. The Hall–Kier alpha value is -3.36. The summed E-state index contributed by atoms with van der Waals surface area (Å²) in [7, 11) is 1.21. The monoisotopic (exact) mass is 381 g/mol. The maximum atomic E-state index is 12.7. The second kappa shape index (κ2) is 8.35. The van der Waals surface area contributed by atoms with E-state index in [9.17, 15) is 27.6 Å². The van der Waals surface area contributed by atoms with Crippen LogP contribution in [0.15, 0.2) is 48.5 Å². The molecule has 0 aliphatic heterocycles. The minimum Gasteiger partial charge on any atom is -0.465 e. The van der Waals surface area contributed by atoms with Gasteiger partial charge in [-0.15, -0.1) is 0 Å². The molecule has 142 valence electrons. The van der Waals surface area contributed by atoms with Crippen molar-refractivity contribution in [2.24, 2.45) is 0 Å². The molecule has 0 saturated carbocycles. The van der Waals surface area contributed by atoms with Crippen LogP contribution in [0, 0.1) is 0 Å². The smallest absolute Gasteiger partial charge is 0.416 e. The molecule has 0 fully saturated rings. The van der Waals surface area contributed by atoms with Crippen LogP contribution >= 0.6 is 0 Å². The minimum atomic E-state index is -4.60. The lowest BCUT2D eigenvalue weighted by Crippen LogP contribution is -2.21. The fraction of sp³-hybridized carbons (Fsp3) is 0.167. The van der Waals surface area contributed by atoms with Crippen molar-refractivity contribution in [1.82, 2.24) is 0 Å². The van der Waals surface area contributed by atoms with Crippen LogP contribution in [0.1, 0.15) is 26.3 Å². The molecule has 0 aromatic heterocycles. The van der Waals surface area contributed by atoms with Gasteiger partial charge in [0.15, 0.2) is 6.61 Å². The van der Waals surface area contributed by atoms with Crippen LogP contribution < -0.4 is 5.32 Å². The highest BCUT2D eigenvalue weighted by Crippen LogP contribution is 2.29. The van der Waals surface area contributed by atoms with Gasteiger partial charge in [-0.2, -0.15) is 13.2 Å². The summed E-state index contributed by atoms with van der Waals surface area (Å²) < 4.78 is 47.2. The van der Waals surface area contributed by atoms with Gasteiger partial charge in [0.1, 0.15) is 0 Å². The van der Waals surface area contributed by atoms with Crippen LogP contribution in [0.4, 0.5) is 18.9 Å². The topological polar surface area (TPSA) is 81.7 Å². The van der Waals surface area contributed by atoms with Crippen molar-refractivity contribution in [1.29, 1.82) is 0 Å². The third-order valence-electron chi connectivity index (χ3n) is 3.33. The molecule has 2 aromatic rings. The number of benzene rings is 2. The van der Waals surface area contributed by atoms with Crippen molar-refractivity contribution in [2.45, 2.75) is 6.18 Å². The van der Waals surface area contributed by atoms with Gasteiger partial charge in [0.2, 0.25) is 0 Å². The number of ether oxygens (including phenoxy) is 2. The Morgan fingerprint density at radius 1 is 0.963 bits per heavy atom. The number of nitrogens with one attached hydrogen (secondary N) is 1. The van der Waals surface area contributed by atoms with Gasteiger partial charge in [0.25, 0.3) is 5.91 Å². The van der Waals surface area contributed by atoms with E-state index in [1.807, 2.05) is 0 Å². The largest absolute Gasteiger partial charge is 0.465 e. The normalized spacial score (nSPS) is 10.8. The van der Waals surface area contributed by atoms with Gasteiger partial charge in [0.05, 0.1) is 23.8 Å². The van der Waals surface area contributed by atoms with Crippen LogP contribution in [0.25, 0.3) is 0 Å². The molecule has 0 saturated heterocycles. The molecule has 0 heterocycles. The van der Waals surface area contributed by atoms with Gasteiger partial charge in [-0.05, 0) is 36.4 Å². The van der Waals surface area contributed by atoms with Crippen LogP contribution in [0.3, 0.4) is 0 Å². The first kappa shape index (κ1) is 20.0. The molecule has 1 amide bonds. The van der Waals surface area contributed by atoms with Crippen molar-refractivity contribution in [3.05, 3.63) is 65.2 Å². The predicted molar refractivity (Wildman–Crippen MR) is 88.1 cm³/mol. The number of halogens is 3. The first-order chi connectivity index (χ1) is 12.7. The molecule has 0 aliphatic carbocycles. The highest BCUT2D eigenvalue weighted by Gasteiger charge is 2.31. The van der Waals surface area contributed by atoms with Crippen molar-refractivity contribution >= 4 is 23.5 Å². The maximum absolute atomic E-state index is 12.7. The number of alkyl halides is 3. The van der Waals surface area contributed by atoms with E-state index in [0.29, 0.717) is 6.07 Å². The first-order valence-electron chi connectivity index (χ1n) is 7.53. The van der Waals surface area contributed by atoms with Gasteiger partial charge in [-0.3, -0.25) is 4.79 Å². The fourth-order valence-electron chi connectivity index (χ4n) is 2.08. The molecule has 1 N–H and O–H groups in total. The lowest BCUT2D eigenvalue weighted by molar-refractivity contribution is -0.137. The van der Waals surface area contributed by atoms with Crippen molar-refractivity contribution < 1.29 is 37.0 Å². The summed E-state index contributed by atoms with van der Waals surface area (Å²) in [5.74, 6) is -2.39. The van der Waals surface area contributed by atoms with Crippen LogP contribution in [0.2, 0.25) is 0 Å². The highest BCUT2D eigenvalue weighted by atomic mass is 19.4. The van der Waals surface area contributed by atoms with Gasteiger partial charge < -0.3 is 14.8 Å². The Labute approximate surface area is 151 Å². The van der Waals surface area contributed by atoms with Crippen LogP contribution in [-0.4, -0.2) is 31.6 Å². The molecule has 0 aliphatic rings. The molecule has 0 unspecified atom stereocenters. The van der Waals surface area contributed by atoms with E-state index < -0.39 is 36.2 Å². The SMILES string of the molecule is COC(=O)c1cccc(NC(=O)COC(=O)c2cccc(C(F)(F)F)c2)c1. The Morgan fingerprint density at radius 2 is 1.59 bits per heavy atom. The summed E-state index contributed by atoms with van der Waals surface area (Å²) >= 11 is 0. The molecule has 0 bridgehead atoms. The maximum Gasteiger partial charge on any atom is 0.416 e. The predicted octanol–water partition coefficient (Wildman–Crippen LogP) is 3.29. The number of anilines is 1. The Morgan fingerprint density at radius 3 is 2.22 bits per heavy atom. The number of hydrogen-bond acceptors (Lipinski definition) is 5. The molecule has 0 atom stereocenters. The summed E-state index contributed by atoms with van der Waals surface area (Å²) in [6.07, 6.45) is -4.60. The number of amides is 1. The number of rotatable bonds is 5. The van der Waals surface area contributed by atoms with Gasteiger partial charge in [0, 0.05) is 5.69 Å². The molecule has 27 heavy (non-hydrogen) atoms. The molecule has 2 aromatic carbocycles. The summed E-state index contributed by atoms with van der Waals surface area (Å²) in [6, 6.07) is 9.52. The Bertz CT molecular complexity index is 864.